The number of methoxy groups -OCH3 is 2. The van der Waals surface area contributed by atoms with Crippen molar-refractivity contribution in [3.63, 3.8) is 0 Å². The number of rotatable bonds is 6. The smallest absolute Gasteiger partial charge is 0.337 e. The van der Waals surface area contributed by atoms with Gasteiger partial charge in [-0.05, 0) is 72.8 Å². The van der Waals surface area contributed by atoms with Crippen LogP contribution in [0.1, 0.15) is 20.7 Å². The second-order valence-electron chi connectivity index (χ2n) is 5.83. The van der Waals surface area contributed by atoms with E-state index in [9.17, 15) is 9.59 Å². The van der Waals surface area contributed by atoms with Gasteiger partial charge >= 0.3 is 5.97 Å². The first-order valence-electron chi connectivity index (χ1n) is 8.51. The van der Waals surface area contributed by atoms with E-state index in [1.807, 2.05) is 12.1 Å². The van der Waals surface area contributed by atoms with Gasteiger partial charge in [-0.25, -0.2) is 4.79 Å². The van der Waals surface area contributed by atoms with E-state index >= 15 is 0 Å². The minimum Gasteiger partial charge on any atom is -0.497 e. The predicted octanol–water partition coefficient (Wildman–Crippen LogP) is 4.53. The summed E-state index contributed by atoms with van der Waals surface area (Å²) >= 11 is 0. The molecule has 0 spiro atoms. The SMILES string of the molecule is COC(=O)c1ccc(NC(=O)c2ccc(Oc3ccc(OC)cc3)cc2)cc1. The third-order valence-electron chi connectivity index (χ3n) is 3.98. The largest absolute Gasteiger partial charge is 0.497 e. The summed E-state index contributed by atoms with van der Waals surface area (Å²) in [5.74, 6) is 1.35. The van der Waals surface area contributed by atoms with Crippen molar-refractivity contribution in [2.45, 2.75) is 0 Å². The average molecular weight is 377 g/mol. The molecule has 0 saturated carbocycles. The molecule has 6 nitrogen and oxygen atoms in total. The summed E-state index contributed by atoms with van der Waals surface area (Å²) in [6.07, 6.45) is 0. The lowest BCUT2D eigenvalue weighted by Gasteiger charge is -2.09. The Morgan fingerprint density at radius 1 is 0.679 bits per heavy atom. The molecule has 0 heterocycles. The molecular weight excluding hydrogens is 358 g/mol. The number of carbonyl (C=O) groups is 2. The minimum absolute atomic E-state index is 0.262. The molecule has 0 aromatic heterocycles. The van der Waals surface area contributed by atoms with E-state index in [2.05, 4.69) is 10.1 Å². The van der Waals surface area contributed by atoms with Gasteiger partial charge < -0.3 is 19.5 Å². The normalized spacial score (nSPS) is 10.1. The first-order valence-corrected chi connectivity index (χ1v) is 8.51. The van der Waals surface area contributed by atoms with Crippen LogP contribution < -0.4 is 14.8 Å². The summed E-state index contributed by atoms with van der Waals surface area (Å²) in [4.78, 5) is 23.8. The Balaban J connectivity index is 1.62. The van der Waals surface area contributed by atoms with Crippen LogP contribution in [0.3, 0.4) is 0 Å². The molecule has 6 heteroatoms. The molecule has 0 saturated heterocycles. The Hall–Kier alpha value is -3.80. The van der Waals surface area contributed by atoms with E-state index in [1.54, 1.807) is 67.8 Å². The van der Waals surface area contributed by atoms with Crippen molar-refractivity contribution in [1.29, 1.82) is 0 Å². The summed E-state index contributed by atoms with van der Waals surface area (Å²) in [5, 5.41) is 2.78. The van der Waals surface area contributed by atoms with Crippen molar-refractivity contribution in [2.24, 2.45) is 0 Å². The highest BCUT2D eigenvalue weighted by Gasteiger charge is 2.09. The van der Waals surface area contributed by atoms with Gasteiger partial charge in [0.05, 0.1) is 19.8 Å². The van der Waals surface area contributed by atoms with Crippen molar-refractivity contribution in [3.05, 3.63) is 83.9 Å². The molecule has 3 aromatic carbocycles. The molecule has 0 atom stereocenters. The summed E-state index contributed by atoms with van der Waals surface area (Å²) in [6.45, 7) is 0. The molecular formula is C22H19NO5. The molecule has 142 valence electrons. The van der Waals surface area contributed by atoms with E-state index in [1.165, 1.54) is 7.11 Å². The number of hydrogen-bond acceptors (Lipinski definition) is 5. The van der Waals surface area contributed by atoms with Crippen molar-refractivity contribution < 1.29 is 23.8 Å². The van der Waals surface area contributed by atoms with Gasteiger partial charge in [0.25, 0.3) is 5.91 Å². The zero-order valence-corrected chi connectivity index (χ0v) is 15.5. The van der Waals surface area contributed by atoms with Gasteiger partial charge in [0.1, 0.15) is 17.2 Å². The fraction of sp³-hybridized carbons (Fsp3) is 0.0909. The van der Waals surface area contributed by atoms with E-state index in [4.69, 9.17) is 9.47 Å². The van der Waals surface area contributed by atoms with Crippen LogP contribution in [-0.2, 0) is 4.74 Å². The van der Waals surface area contributed by atoms with E-state index < -0.39 is 5.97 Å². The zero-order chi connectivity index (χ0) is 19.9. The van der Waals surface area contributed by atoms with Gasteiger partial charge in [0.15, 0.2) is 0 Å². The highest BCUT2D eigenvalue weighted by atomic mass is 16.5. The lowest BCUT2D eigenvalue weighted by atomic mass is 10.1. The molecule has 1 amide bonds. The second kappa shape index (κ2) is 8.73. The maximum atomic E-state index is 12.4. The number of nitrogens with one attached hydrogen (secondary N) is 1. The maximum Gasteiger partial charge on any atom is 0.337 e. The lowest BCUT2D eigenvalue weighted by molar-refractivity contribution is 0.0600. The number of carbonyl (C=O) groups excluding carboxylic acids is 2. The minimum atomic E-state index is -0.426. The highest BCUT2D eigenvalue weighted by molar-refractivity contribution is 6.04. The topological polar surface area (TPSA) is 73.9 Å². The van der Waals surface area contributed by atoms with Crippen LogP contribution in [0.4, 0.5) is 5.69 Å². The Morgan fingerprint density at radius 3 is 1.71 bits per heavy atom. The molecule has 0 bridgehead atoms. The fourth-order valence-corrected chi connectivity index (χ4v) is 2.46. The van der Waals surface area contributed by atoms with Crippen LogP contribution in [0, 0.1) is 0 Å². The van der Waals surface area contributed by atoms with Gasteiger partial charge in [0.2, 0.25) is 0 Å². The number of benzene rings is 3. The Bertz CT molecular complexity index is 948. The van der Waals surface area contributed by atoms with Crippen LogP contribution >= 0.6 is 0 Å². The second-order valence-corrected chi connectivity index (χ2v) is 5.83. The Kier molecular flexibility index (Phi) is 5.91. The van der Waals surface area contributed by atoms with Gasteiger partial charge in [-0.3, -0.25) is 4.79 Å². The van der Waals surface area contributed by atoms with Crippen LogP contribution in [0.25, 0.3) is 0 Å². The molecule has 1 N–H and O–H groups in total. The summed E-state index contributed by atoms with van der Waals surface area (Å²) in [7, 11) is 2.92. The maximum absolute atomic E-state index is 12.4. The van der Waals surface area contributed by atoms with E-state index in [0.717, 1.165) is 5.75 Å². The summed E-state index contributed by atoms with van der Waals surface area (Å²) < 4.78 is 15.5. The first-order chi connectivity index (χ1) is 13.6. The third kappa shape index (κ3) is 4.67. The Morgan fingerprint density at radius 2 is 1.18 bits per heavy atom. The molecule has 0 fully saturated rings. The Labute approximate surface area is 162 Å². The van der Waals surface area contributed by atoms with Crippen LogP contribution in [0.5, 0.6) is 17.2 Å². The molecule has 0 unspecified atom stereocenters. The quantitative estimate of drug-likeness (QED) is 0.639. The zero-order valence-electron chi connectivity index (χ0n) is 15.5. The average Bonchev–Trinajstić information content (AvgIpc) is 2.74. The molecule has 0 aliphatic carbocycles. The van der Waals surface area contributed by atoms with Gasteiger partial charge in [-0.1, -0.05) is 0 Å². The summed E-state index contributed by atoms with van der Waals surface area (Å²) in [5.41, 5.74) is 1.48. The van der Waals surface area contributed by atoms with Crippen molar-refractivity contribution >= 4 is 17.6 Å². The molecule has 0 aliphatic heterocycles. The standard InChI is InChI=1S/C22H19NO5/c1-26-18-11-13-20(14-12-18)28-19-9-5-15(6-10-19)21(24)23-17-7-3-16(4-8-17)22(25)27-2/h3-14H,1-2H3,(H,23,24). The molecule has 0 aliphatic rings. The van der Waals surface area contributed by atoms with Crippen LogP contribution in [0.15, 0.2) is 72.8 Å². The fourth-order valence-electron chi connectivity index (χ4n) is 2.46. The van der Waals surface area contributed by atoms with Crippen LogP contribution in [-0.4, -0.2) is 26.1 Å². The third-order valence-corrected chi connectivity index (χ3v) is 3.98. The molecule has 3 aromatic rings. The number of anilines is 1. The number of esters is 1. The molecule has 28 heavy (non-hydrogen) atoms. The summed E-state index contributed by atoms with van der Waals surface area (Å²) in [6, 6.07) is 20.5. The van der Waals surface area contributed by atoms with Crippen molar-refractivity contribution in [1.82, 2.24) is 0 Å². The van der Waals surface area contributed by atoms with E-state index in [-0.39, 0.29) is 5.91 Å². The highest BCUT2D eigenvalue weighted by Crippen LogP contribution is 2.24. The van der Waals surface area contributed by atoms with Crippen molar-refractivity contribution in [3.8, 4) is 17.2 Å². The molecule has 3 rings (SSSR count). The van der Waals surface area contributed by atoms with Gasteiger partial charge in [-0.15, -0.1) is 0 Å². The number of ether oxygens (including phenoxy) is 3. The number of amides is 1. The van der Waals surface area contributed by atoms with Crippen molar-refractivity contribution in [2.75, 3.05) is 19.5 Å². The van der Waals surface area contributed by atoms with Gasteiger partial charge in [0, 0.05) is 11.3 Å². The van der Waals surface area contributed by atoms with Crippen LogP contribution in [0.2, 0.25) is 0 Å². The van der Waals surface area contributed by atoms with E-state index in [0.29, 0.717) is 28.3 Å². The predicted molar refractivity (Wildman–Crippen MR) is 105 cm³/mol. The van der Waals surface area contributed by atoms with Gasteiger partial charge in [-0.2, -0.15) is 0 Å². The first kappa shape index (κ1) is 19.0. The monoisotopic (exact) mass is 377 g/mol. The molecule has 0 radical (unpaired) electrons. The lowest BCUT2D eigenvalue weighted by Crippen LogP contribution is -2.12. The number of hydrogen-bond donors (Lipinski definition) is 1.